The third-order valence-electron chi connectivity index (χ3n) is 4.57. The fourth-order valence-electron chi connectivity index (χ4n) is 2.88. The minimum Gasteiger partial charge on any atom is -0.497 e. The second-order valence-corrected chi connectivity index (χ2v) is 9.54. The van der Waals surface area contributed by atoms with Gasteiger partial charge in [0.05, 0.1) is 23.7 Å². The Kier molecular flexibility index (Phi) is 7.76. The molecule has 0 saturated heterocycles. The van der Waals surface area contributed by atoms with Gasteiger partial charge in [0.15, 0.2) is 6.61 Å². The summed E-state index contributed by atoms with van der Waals surface area (Å²) in [7, 11) is -2.27. The van der Waals surface area contributed by atoms with Crippen LogP contribution >= 0.6 is 15.9 Å². The lowest BCUT2D eigenvalue weighted by molar-refractivity contribution is -0.123. The summed E-state index contributed by atoms with van der Waals surface area (Å²) >= 11 is 3.38. The fourth-order valence-corrected chi connectivity index (χ4v) is 4.20. The fraction of sp³-hybridized carbons (Fsp3) is 0.174. The van der Waals surface area contributed by atoms with Crippen LogP contribution in [-0.2, 0) is 14.8 Å². The molecule has 2 N–H and O–H groups in total. The molecule has 0 bridgehead atoms. The Hall–Kier alpha value is -3.04. The quantitative estimate of drug-likeness (QED) is 0.434. The number of carbonyl (C=O) groups is 1. The zero-order valence-electron chi connectivity index (χ0n) is 17.5. The second kappa shape index (κ2) is 10.5. The maximum absolute atomic E-state index is 12.6. The topological polar surface area (TPSA) is 93.7 Å². The molecule has 1 amide bonds. The molecule has 0 radical (unpaired) electrons. The Morgan fingerprint density at radius 1 is 1.00 bits per heavy atom. The highest BCUT2D eigenvalue weighted by Gasteiger charge is 2.15. The molecule has 0 spiro atoms. The molecule has 3 aromatic rings. The molecule has 7 nitrogen and oxygen atoms in total. The average molecular weight is 519 g/mol. The van der Waals surface area contributed by atoms with Gasteiger partial charge in [-0.2, -0.15) is 0 Å². The molecule has 0 unspecified atom stereocenters. The Bertz CT molecular complexity index is 1170. The van der Waals surface area contributed by atoms with Gasteiger partial charge in [-0.3, -0.25) is 9.52 Å². The van der Waals surface area contributed by atoms with E-state index >= 15 is 0 Å². The summed E-state index contributed by atoms with van der Waals surface area (Å²) in [5, 5.41) is 2.86. The summed E-state index contributed by atoms with van der Waals surface area (Å²) in [6, 6.07) is 20.0. The Morgan fingerprint density at radius 3 is 2.34 bits per heavy atom. The Labute approximate surface area is 195 Å². The van der Waals surface area contributed by atoms with Gasteiger partial charge in [0, 0.05) is 10.5 Å². The van der Waals surface area contributed by atoms with Gasteiger partial charge in [-0.1, -0.05) is 34.1 Å². The van der Waals surface area contributed by atoms with E-state index in [2.05, 4.69) is 26.0 Å². The molecule has 0 aliphatic rings. The van der Waals surface area contributed by atoms with Gasteiger partial charge < -0.3 is 14.8 Å². The monoisotopic (exact) mass is 518 g/mol. The summed E-state index contributed by atoms with van der Waals surface area (Å²) in [6.07, 6.45) is 0. The Balaban J connectivity index is 1.55. The average Bonchev–Trinajstić information content (AvgIpc) is 2.78. The molecule has 1 atom stereocenters. The van der Waals surface area contributed by atoms with Crippen LogP contribution in [0.3, 0.4) is 0 Å². The maximum Gasteiger partial charge on any atom is 0.261 e. The molecule has 0 aliphatic heterocycles. The van der Waals surface area contributed by atoms with Crippen molar-refractivity contribution in [3.63, 3.8) is 0 Å². The van der Waals surface area contributed by atoms with Gasteiger partial charge in [0.2, 0.25) is 0 Å². The van der Waals surface area contributed by atoms with E-state index in [1.54, 1.807) is 24.3 Å². The minimum absolute atomic E-state index is 0.0704. The predicted molar refractivity (Wildman–Crippen MR) is 126 cm³/mol. The number of sulfonamides is 1. The van der Waals surface area contributed by atoms with Crippen LogP contribution in [-0.4, -0.2) is 28.0 Å². The number of anilines is 1. The molecule has 0 saturated carbocycles. The van der Waals surface area contributed by atoms with Crippen LogP contribution in [0.2, 0.25) is 0 Å². The minimum atomic E-state index is -3.78. The zero-order chi connectivity index (χ0) is 23.1. The lowest BCUT2D eigenvalue weighted by Gasteiger charge is -2.15. The number of carbonyl (C=O) groups excluding carboxylic acids is 1. The van der Waals surface area contributed by atoms with Crippen LogP contribution in [0.25, 0.3) is 0 Å². The van der Waals surface area contributed by atoms with E-state index in [4.69, 9.17) is 9.47 Å². The molecule has 0 fully saturated rings. The van der Waals surface area contributed by atoms with Gasteiger partial charge in [0.25, 0.3) is 15.9 Å². The van der Waals surface area contributed by atoms with E-state index in [-0.39, 0.29) is 23.5 Å². The second-order valence-electron chi connectivity index (χ2n) is 6.94. The highest BCUT2D eigenvalue weighted by atomic mass is 79.9. The molecular weight excluding hydrogens is 496 g/mol. The highest BCUT2D eigenvalue weighted by molar-refractivity contribution is 9.10. The first-order valence-electron chi connectivity index (χ1n) is 9.71. The van der Waals surface area contributed by atoms with E-state index in [1.165, 1.54) is 31.4 Å². The number of nitrogens with one attached hydrogen (secondary N) is 2. The third kappa shape index (κ3) is 6.48. The first-order valence-corrected chi connectivity index (χ1v) is 12.0. The van der Waals surface area contributed by atoms with E-state index in [1.807, 2.05) is 31.2 Å². The molecule has 0 aromatic heterocycles. The number of rotatable bonds is 9. The molecule has 168 valence electrons. The van der Waals surface area contributed by atoms with E-state index in [0.717, 1.165) is 10.0 Å². The molecule has 3 rings (SSSR count). The zero-order valence-corrected chi connectivity index (χ0v) is 19.9. The molecule has 9 heteroatoms. The number of hydrogen-bond donors (Lipinski definition) is 2. The van der Waals surface area contributed by atoms with Crippen molar-refractivity contribution in [2.24, 2.45) is 0 Å². The van der Waals surface area contributed by atoms with Crippen LogP contribution in [0.15, 0.2) is 82.2 Å². The van der Waals surface area contributed by atoms with E-state index in [9.17, 15) is 13.2 Å². The van der Waals surface area contributed by atoms with E-state index in [0.29, 0.717) is 17.2 Å². The molecule has 0 aliphatic carbocycles. The smallest absolute Gasteiger partial charge is 0.261 e. The number of amides is 1. The number of benzene rings is 3. The lowest BCUT2D eigenvalue weighted by Crippen LogP contribution is -2.31. The van der Waals surface area contributed by atoms with Gasteiger partial charge in [-0.25, -0.2) is 8.42 Å². The van der Waals surface area contributed by atoms with Crippen LogP contribution < -0.4 is 19.5 Å². The van der Waals surface area contributed by atoms with Gasteiger partial charge >= 0.3 is 0 Å². The van der Waals surface area contributed by atoms with Crippen molar-refractivity contribution >= 4 is 37.5 Å². The van der Waals surface area contributed by atoms with Crippen LogP contribution in [0, 0.1) is 0 Å². The van der Waals surface area contributed by atoms with Crippen LogP contribution in [0.5, 0.6) is 11.5 Å². The number of methoxy groups -OCH3 is 1. The predicted octanol–water partition coefficient (Wildman–Crippen LogP) is 4.51. The standard InChI is InChI=1S/C23H23BrN2O5S/c1-16(17-6-8-18(24)9-7-17)25-23(27)15-31-20-10-12-22(13-11-20)32(28,29)26-19-4-3-5-21(14-19)30-2/h3-14,16,26H,15H2,1-2H3,(H,25,27)/t16-/m0/s1. The Morgan fingerprint density at radius 2 is 1.69 bits per heavy atom. The van der Waals surface area contributed by atoms with E-state index < -0.39 is 10.0 Å². The summed E-state index contributed by atoms with van der Waals surface area (Å²) in [4.78, 5) is 12.3. The summed E-state index contributed by atoms with van der Waals surface area (Å²) in [5.74, 6) is 0.648. The summed E-state index contributed by atoms with van der Waals surface area (Å²) in [5.41, 5.74) is 1.36. The van der Waals surface area contributed by atoms with Crippen molar-refractivity contribution < 1.29 is 22.7 Å². The first-order chi connectivity index (χ1) is 15.3. The molecule has 0 heterocycles. The largest absolute Gasteiger partial charge is 0.497 e. The van der Waals surface area contributed by atoms with Crippen LogP contribution in [0.1, 0.15) is 18.5 Å². The summed E-state index contributed by atoms with van der Waals surface area (Å²) < 4.78 is 39.3. The van der Waals surface area contributed by atoms with Crippen molar-refractivity contribution in [1.29, 1.82) is 0 Å². The molecule has 3 aromatic carbocycles. The van der Waals surface area contributed by atoms with Crippen molar-refractivity contribution in [1.82, 2.24) is 5.32 Å². The van der Waals surface area contributed by atoms with Crippen molar-refractivity contribution in [3.8, 4) is 11.5 Å². The van der Waals surface area contributed by atoms with Crippen molar-refractivity contribution in [2.45, 2.75) is 17.9 Å². The van der Waals surface area contributed by atoms with Gasteiger partial charge in [-0.05, 0) is 61.0 Å². The maximum atomic E-state index is 12.6. The third-order valence-corrected chi connectivity index (χ3v) is 6.50. The number of halogens is 1. The molecular formula is C23H23BrN2O5S. The highest BCUT2D eigenvalue weighted by Crippen LogP contribution is 2.22. The van der Waals surface area contributed by atoms with Gasteiger partial charge in [-0.15, -0.1) is 0 Å². The first kappa shape index (κ1) is 23.6. The van der Waals surface area contributed by atoms with Crippen LogP contribution in [0.4, 0.5) is 5.69 Å². The van der Waals surface area contributed by atoms with Gasteiger partial charge in [0.1, 0.15) is 11.5 Å². The molecule has 32 heavy (non-hydrogen) atoms. The lowest BCUT2D eigenvalue weighted by atomic mass is 10.1. The number of hydrogen-bond acceptors (Lipinski definition) is 5. The SMILES string of the molecule is COc1cccc(NS(=O)(=O)c2ccc(OCC(=O)N[C@@H](C)c3ccc(Br)cc3)cc2)c1. The normalized spacial score (nSPS) is 12.0. The van der Waals surface area contributed by atoms with Crippen molar-refractivity contribution in [3.05, 3.63) is 82.8 Å². The summed E-state index contributed by atoms with van der Waals surface area (Å²) in [6.45, 7) is 1.70. The van der Waals surface area contributed by atoms with Crippen molar-refractivity contribution in [2.75, 3.05) is 18.4 Å². The number of ether oxygens (including phenoxy) is 2.